The van der Waals surface area contributed by atoms with Crippen LogP contribution in [0.3, 0.4) is 0 Å². The number of amides is 1. The molecule has 1 aliphatic carbocycles. The van der Waals surface area contributed by atoms with Gasteiger partial charge in [0.05, 0.1) is 5.25 Å². The van der Waals surface area contributed by atoms with Gasteiger partial charge in [0.2, 0.25) is 5.91 Å². The first kappa shape index (κ1) is 21.2. The Hall–Kier alpha value is -2.64. The van der Waals surface area contributed by atoms with Crippen LogP contribution in [-0.2, 0) is 11.3 Å². The van der Waals surface area contributed by atoms with Gasteiger partial charge in [-0.05, 0) is 37.5 Å². The maximum absolute atomic E-state index is 13.2. The fraction of sp³-hybridized carbons (Fsp3) is 0.400. The second kappa shape index (κ2) is 9.46. The van der Waals surface area contributed by atoms with Gasteiger partial charge >= 0.3 is 0 Å². The number of hydrogen-bond acceptors (Lipinski definition) is 5. The summed E-state index contributed by atoms with van der Waals surface area (Å²) in [7, 11) is 0. The molecule has 3 aromatic rings. The fourth-order valence-corrected chi connectivity index (χ4v) is 5.18. The summed E-state index contributed by atoms with van der Waals surface area (Å²) in [6, 6.07) is 20.8. The third kappa shape index (κ3) is 4.74. The summed E-state index contributed by atoms with van der Waals surface area (Å²) in [6.45, 7) is 6.29. The van der Waals surface area contributed by atoms with Crippen LogP contribution >= 0.6 is 11.8 Å². The number of carbonyl (C=O) groups is 1. The van der Waals surface area contributed by atoms with E-state index < -0.39 is 0 Å². The summed E-state index contributed by atoms with van der Waals surface area (Å²) >= 11 is 1.52. The Kier molecular flexibility index (Phi) is 6.28. The molecule has 1 amide bonds. The van der Waals surface area contributed by atoms with Crippen molar-refractivity contribution in [2.24, 2.45) is 0 Å². The Morgan fingerprint density at radius 3 is 2.28 bits per heavy atom. The quantitative estimate of drug-likeness (QED) is 0.513. The van der Waals surface area contributed by atoms with Crippen molar-refractivity contribution in [1.29, 1.82) is 0 Å². The molecular formula is C25H29N5OS. The number of nitrogens with zero attached hydrogens (tertiary/aromatic N) is 5. The summed E-state index contributed by atoms with van der Waals surface area (Å²) in [5.41, 5.74) is 2.39. The van der Waals surface area contributed by atoms with Crippen LogP contribution in [0.5, 0.6) is 0 Å². The first-order valence-corrected chi connectivity index (χ1v) is 12.3. The van der Waals surface area contributed by atoms with E-state index in [0.717, 1.165) is 62.2 Å². The molecular weight excluding hydrogens is 418 g/mol. The lowest BCUT2D eigenvalue weighted by Gasteiger charge is -2.35. The minimum Gasteiger partial charge on any atom is -0.339 e. The number of thioether (sulfide) groups is 1. The van der Waals surface area contributed by atoms with Gasteiger partial charge in [0.1, 0.15) is 5.82 Å². The van der Waals surface area contributed by atoms with Gasteiger partial charge < -0.3 is 4.90 Å². The average molecular weight is 448 g/mol. The van der Waals surface area contributed by atoms with Crippen molar-refractivity contribution >= 4 is 17.7 Å². The first-order valence-electron chi connectivity index (χ1n) is 11.4. The molecule has 1 aliphatic heterocycles. The van der Waals surface area contributed by atoms with Crippen molar-refractivity contribution in [2.45, 2.75) is 42.6 Å². The molecule has 7 heteroatoms. The SMILES string of the molecule is C[C@@H](Sc1nnc(C2CC2)n1-c1ccccc1)C(=O)N1CCN(Cc2ccccc2)CC1. The Morgan fingerprint density at radius 1 is 0.969 bits per heavy atom. The number of piperazine rings is 1. The molecule has 0 bridgehead atoms. The molecule has 2 heterocycles. The highest BCUT2D eigenvalue weighted by Crippen LogP contribution is 2.41. The van der Waals surface area contributed by atoms with E-state index in [1.54, 1.807) is 0 Å². The molecule has 1 aromatic heterocycles. The normalized spacial score (nSPS) is 18.0. The van der Waals surface area contributed by atoms with Crippen LogP contribution in [0.1, 0.15) is 37.1 Å². The summed E-state index contributed by atoms with van der Waals surface area (Å²) in [4.78, 5) is 17.6. The summed E-state index contributed by atoms with van der Waals surface area (Å²) < 4.78 is 2.14. The first-order chi connectivity index (χ1) is 15.7. The molecule has 1 saturated carbocycles. The Labute approximate surface area is 193 Å². The van der Waals surface area contributed by atoms with Crippen molar-refractivity contribution in [3.8, 4) is 5.69 Å². The smallest absolute Gasteiger partial charge is 0.235 e. The number of para-hydroxylation sites is 1. The van der Waals surface area contributed by atoms with Gasteiger partial charge in [-0.1, -0.05) is 60.3 Å². The molecule has 2 fully saturated rings. The van der Waals surface area contributed by atoms with Gasteiger partial charge in [-0.2, -0.15) is 0 Å². The van der Waals surface area contributed by atoms with E-state index in [2.05, 4.69) is 56.1 Å². The molecule has 5 rings (SSSR count). The molecule has 2 aromatic carbocycles. The molecule has 0 spiro atoms. The third-order valence-electron chi connectivity index (χ3n) is 6.18. The highest BCUT2D eigenvalue weighted by molar-refractivity contribution is 8.00. The van der Waals surface area contributed by atoms with Crippen molar-refractivity contribution in [1.82, 2.24) is 24.6 Å². The summed E-state index contributed by atoms with van der Waals surface area (Å²) in [5.74, 6) is 1.69. The van der Waals surface area contributed by atoms with Crippen LogP contribution in [0, 0.1) is 0 Å². The fourth-order valence-electron chi connectivity index (χ4n) is 4.22. The van der Waals surface area contributed by atoms with Gasteiger partial charge in [0.25, 0.3) is 0 Å². The Bertz CT molecular complexity index is 1040. The molecule has 6 nitrogen and oxygen atoms in total. The zero-order valence-corrected chi connectivity index (χ0v) is 19.2. The average Bonchev–Trinajstić information content (AvgIpc) is 3.60. The number of rotatable bonds is 7. The van der Waals surface area contributed by atoms with Gasteiger partial charge in [0, 0.05) is 44.3 Å². The van der Waals surface area contributed by atoms with E-state index >= 15 is 0 Å². The zero-order chi connectivity index (χ0) is 21.9. The minimum absolute atomic E-state index is 0.185. The summed E-state index contributed by atoms with van der Waals surface area (Å²) in [6.07, 6.45) is 2.33. The second-order valence-electron chi connectivity index (χ2n) is 8.63. The number of benzene rings is 2. The predicted molar refractivity (Wildman–Crippen MR) is 127 cm³/mol. The van der Waals surface area contributed by atoms with Gasteiger partial charge in [0.15, 0.2) is 5.16 Å². The lowest BCUT2D eigenvalue weighted by Crippen LogP contribution is -2.50. The van der Waals surface area contributed by atoms with Gasteiger partial charge in [-0.25, -0.2) is 0 Å². The van der Waals surface area contributed by atoms with Crippen LogP contribution in [0.25, 0.3) is 5.69 Å². The van der Waals surface area contributed by atoms with Crippen LogP contribution in [0.15, 0.2) is 65.8 Å². The lowest BCUT2D eigenvalue weighted by molar-refractivity contribution is -0.132. The highest BCUT2D eigenvalue weighted by atomic mass is 32.2. The van der Waals surface area contributed by atoms with Crippen molar-refractivity contribution < 1.29 is 4.79 Å². The van der Waals surface area contributed by atoms with Gasteiger partial charge in [-0.3, -0.25) is 14.3 Å². The third-order valence-corrected chi connectivity index (χ3v) is 7.21. The maximum atomic E-state index is 13.2. The van der Waals surface area contributed by atoms with Crippen LogP contribution in [-0.4, -0.2) is 61.9 Å². The van der Waals surface area contributed by atoms with E-state index in [0.29, 0.717) is 5.92 Å². The van der Waals surface area contributed by atoms with Crippen LogP contribution < -0.4 is 0 Å². The largest absolute Gasteiger partial charge is 0.339 e. The van der Waals surface area contributed by atoms with Crippen molar-refractivity contribution in [3.05, 3.63) is 72.1 Å². The Morgan fingerprint density at radius 2 is 1.62 bits per heavy atom. The topological polar surface area (TPSA) is 54.3 Å². The molecule has 166 valence electrons. The zero-order valence-electron chi connectivity index (χ0n) is 18.4. The molecule has 1 atom stereocenters. The minimum atomic E-state index is -0.200. The van der Waals surface area contributed by atoms with Crippen LogP contribution in [0.4, 0.5) is 0 Å². The van der Waals surface area contributed by atoms with E-state index in [1.165, 1.54) is 17.3 Å². The standard InChI is InChI=1S/C25H29N5OS/c1-19(24(31)29-16-14-28(15-17-29)18-20-8-4-2-5-9-20)32-25-27-26-23(21-12-13-21)30(25)22-10-6-3-7-11-22/h2-11,19,21H,12-18H2,1H3/t19-/m1/s1. The number of carbonyl (C=O) groups excluding carboxylic acids is 1. The lowest BCUT2D eigenvalue weighted by atomic mass is 10.2. The highest BCUT2D eigenvalue weighted by Gasteiger charge is 2.32. The van der Waals surface area contributed by atoms with E-state index in [-0.39, 0.29) is 11.2 Å². The second-order valence-corrected chi connectivity index (χ2v) is 9.94. The van der Waals surface area contributed by atoms with E-state index in [1.807, 2.05) is 36.1 Å². The molecule has 0 radical (unpaired) electrons. The van der Waals surface area contributed by atoms with Crippen molar-refractivity contribution in [2.75, 3.05) is 26.2 Å². The maximum Gasteiger partial charge on any atom is 0.235 e. The molecule has 1 saturated heterocycles. The van der Waals surface area contributed by atoms with Gasteiger partial charge in [-0.15, -0.1) is 10.2 Å². The predicted octanol–water partition coefficient (Wildman–Crippen LogP) is 3.97. The van der Waals surface area contributed by atoms with E-state index in [9.17, 15) is 4.79 Å². The molecule has 0 N–H and O–H groups in total. The van der Waals surface area contributed by atoms with Crippen molar-refractivity contribution in [3.63, 3.8) is 0 Å². The monoisotopic (exact) mass is 447 g/mol. The molecule has 0 unspecified atom stereocenters. The Balaban J connectivity index is 1.22. The van der Waals surface area contributed by atoms with E-state index in [4.69, 9.17) is 0 Å². The number of hydrogen-bond donors (Lipinski definition) is 0. The molecule has 2 aliphatic rings. The molecule has 32 heavy (non-hydrogen) atoms. The number of aromatic nitrogens is 3. The summed E-state index contributed by atoms with van der Waals surface area (Å²) in [5, 5.41) is 9.57. The van der Waals surface area contributed by atoms with Crippen LogP contribution in [0.2, 0.25) is 0 Å².